The second-order valence-corrected chi connectivity index (χ2v) is 7.02. The summed E-state index contributed by atoms with van der Waals surface area (Å²) in [6.07, 6.45) is 3.49. The lowest BCUT2D eigenvalue weighted by Crippen LogP contribution is -2.25. The number of hydrogen-bond donors (Lipinski definition) is 2. The summed E-state index contributed by atoms with van der Waals surface area (Å²) in [5, 5.41) is 3.27. The van der Waals surface area contributed by atoms with Crippen LogP contribution in [0, 0.1) is 0 Å². The average Bonchev–Trinajstić information content (AvgIpc) is 3.08. The Kier molecular flexibility index (Phi) is 3.73. The molecule has 1 unspecified atom stereocenters. The van der Waals surface area contributed by atoms with Crippen LogP contribution in [0.25, 0.3) is 0 Å². The maximum atomic E-state index is 12.1. The summed E-state index contributed by atoms with van der Waals surface area (Å²) < 4.78 is 32.1. The quantitative estimate of drug-likeness (QED) is 0.861. The van der Waals surface area contributed by atoms with E-state index in [0.717, 1.165) is 24.3 Å². The molecule has 2 N–H and O–H groups in total. The molecular formula is C15H18N2O3S. The van der Waals surface area contributed by atoms with Crippen LogP contribution in [0.1, 0.15) is 31.6 Å². The molecule has 1 aliphatic rings. The van der Waals surface area contributed by atoms with Crippen molar-refractivity contribution in [2.24, 2.45) is 0 Å². The largest absolute Gasteiger partial charge is 0.467 e. The fourth-order valence-corrected chi connectivity index (χ4v) is 3.38. The number of furan rings is 1. The van der Waals surface area contributed by atoms with Gasteiger partial charge in [0, 0.05) is 11.7 Å². The molecule has 0 bridgehead atoms. The van der Waals surface area contributed by atoms with Crippen molar-refractivity contribution in [2.75, 3.05) is 5.32 Å². The summed E-state index contributed by atoms with van der Waals surface area (Å²) in [4.78, 5) is 0.297. The lowest BCUT2D eigenvalue weighted by atomic mass is 10.2. The van der Waals surface area contributed by atoms with Gasteiger partial charge >= 0.3 is 0 Å². The topological polar surface area (TPSA) is 71.3 Å². The van der Waals surface area contributed by atoms with Crippen LogP contribution < -0.4 is 10.0 Å². The minimum Gasteiger partial charge on any atom is -0.467 e. The van der Waals surface area contributed by atoms with E-state index in [0.29, 0.717) is 4.90 Å². The summed E-state index contributed by atoms with van der Waals surface area (Å²) >= 11 is 0. The van der Waals surface area contributed by atoms with Crippen molar-refractivity contribution in [2.45, 2.75) is 36.7 Å². The molecule has 0 radical (unpaired) electrons. The first-order valence-electron chi connectivity index (χ1n) is 6.97. The molecule has 0 amide bonds. The van der Waals surface area contributed by atoms with Crippen molar-refractivity contribution in [1.82, 2.24) is 4.72 Å². The molecule has 6 heteroatoms. The molecule has 21 heavy (non-hydrogen) atoms. The van der Waals surface area contributed by atoms with E-state index in [-0.39, 0.29) is 12.1 Å². The summed E-state index contributed by atoms with van der Waals surface area (Å²) in [5.74, 6) is 0.835. The highest BCUT2D eigenvalue weighted by Crippen LogP contribution is 2.24. The molecule has 0 aliphatic heterocycles. The summed E-state index contributed by atoms with van der Waals surface area (Å²) in [6, 6.07) is 10.6. The SMILES string of the molecule is CC(Nc1ccc(S(=O)(=O)NC2CC2)cc1)c1ccco1. The van der Waals surface area contributed by atoms with Crippen LogP contribution in [0.3, 0.4) is 0 Å². The predicted molar refractivity (Wildman–Crippen MR) is 80.5 cm³/mol. The Morgan fingerprint density at radius 3 is 2.48 bits per heavy atom. The van der Waals surface area contributed by atoms with Crippen LogP contribution in [0.5, 0.6) is 0 Å². The number of rotatable bonds is 6. The third kappa shape index (κ3) is 3.46. The second kappa shape index (κ2) is 5.54. The average molecular weight is 306 g/mol. The van der Waals surface area contributed by atoms with E-state index < -0.39 is 10.0 Å². The van der Waals surface area contributed by atoms with Gasteiger partial charge < -0.3 is 9.73 Å². The molecule has 5 nitrogen and oxygen atoms in total. The Balaban J connectivity index is 1.69. The Morgan fingerprint density at radius 2 is 1.90 bits per heavy atom. The van der Waals surface area contributed by atoms with Crippen LogP contribution in [-0.4, -0.2) is 14.5 Å². The molecule has 1 aromatic carbocycles. The van der Waals surface area contributed by atoms with Crippen LogP contribution >= 0.6 is 0 Å². The van der Waals surface area contributed by atoms with Gasteiger partial charge in [-0.05, 0) is 56.2 Å². The maximum absolute atomic E-state index is 12.1. The van der Waals surface area contributed by atoms with Crippen LogP contribution in [0.2, 0.25) is 0 Å². The zero-order valence-corrected chi connectivity index (χ0v) is 12.6. The summed E-state index contributed by atoms with van der Waals surface area (Å²) in [5.41, 5.74) is 0.851. The van der Waals surface area contributed by atoms with Crippen LogP contribution in [-0.2, 0) is 10.0 Å². The second-order valence-electron chi connectivity index (χ2n) is 5.30. The zero-order chi connectivity index (χ0) is 14.9. The van der Waals surface area contributed by atoms with E-state index in [4.69, 9.17) is 4.42 Å². The molecule has 0 spiro atoms. The molecular weight excluding hydrogens is 288 g/mol. The number of nitrogens with one attached hydrogen (secondary N) is 2. The fourth-order valence-electron chi connectivity index (χ4n) is 2.08. The van der Waals surface area contributed by atoms with Crippen molar-refractivity contribution in [1.29, 1.82) is 0 Å². The van der Waals surface area contributed by atoms with Gasteiger partial charge in [0.2, 0.25) is 10.0 Å². The standard InChI is InChI=1S/C15H18N2O3S/c1-11(15-3-2-10-20-15)16-12-6-8-14(9-7-12)21(18,19)17-13-4-5-13/h2-3,6-11,13,16-17H,4-5H2,1H3. The highest BCUT2D eigenvalue weighted by molar-refractivity contribution is 7.89. The van der Waals surface area contributed by atoms with Gasteiger partial charge in [-0.15, -0.1) is 0 Å². The van der Waals surface area contributed by atoms with E-state index in [9.17, 15) is 8.42 Å². The molecule has 1 atom stereocenters. The zero-order valence-electron chi connectivity index (χ0n) is 11.7. The monoisotopic (exact) mass is 306 g/mol. The van der Waals surface area contributed by atoms with E-state index in [1.165, 1.54) is 0 Å². The third-order valence-corrected chi connectivity index (χ3v) is 4.95. The molecule has 1 heterocycles. The highest BCUT2D eigenvalue weighted by Gasteiger charge is 2.27. The molecule has 1 fully saturated rings. The van der Waals surface area contributed by atoms with Crippen molar-refractivity contribution in [3.8, 4) is 0 Å². The Labute approximate surface area is 124 Å². The van der Waals surface area contributed by atoms with Gasteiger partial charge in [-0.3, -0.25) is 0 Å². The van der Waals surface area contributed by atoms with Crippen molar-refractivity contribution in [3.05, 3.63) is 48.4 Å². The van der Waals surface area contributed by atoms with Crippen molar-refractivity contribution >= 4 is 15.7 Å². The number of hydrogen-bond acceptors (Lipinski definition) is 4. The minimum absolute atomic E-state index is 0.0204. The van der Waals surface area contributed by atoms with Gasteiger partial charge in [-0.1, -0.05) is 0 Å². The van der Waals surface area contributed by atoms with Crippen molar-refractivity contribution < 1.29 is 12.8 Å². The normalized spacial score (nSPS) is 16.6. The fraction of sp³-hybridized carbons (Fsp3) is 0.333. The number of anilines is 1. The maximum Gasteiger partial charge on any atom is 0.240 e. The van der Waals surface area contributed by atoms with Gasteiger partial charge in [0.1, 0.15) is 5.76 Å². The minimum atomic E-state index is -3.38. The summed E-state index contributed by atoms with van der Waals surface area (Å²) in [6.45, 7) is 1.98. The Bertz CT molecular complexity index is 689. The van der Waals surface area contributed by atoms with E-state index >= 15 is 0 Å². The lowest BCUT2D eigenvalue weighted by Gasteiger charge is -2.13. The third-order valence-electron chi connectivity index (χ3n) is 3.42. The molecule has 3 rings (SSSR count). The van der Waals surface area contributed by atoms with Gasteiger partial charge in [-0.25, -0.2) is 13.1 Å². The molecule has 1 aliphatic carbocycles. The number of benzene rings is 1. The van der Waals surface area contributed by atoms with Crippen LogP contribution in [0.4, 0.5) is 5.69 Å². The molecule has 0 saturated heterocycles. The first-order chi connectivity index (χ1) is 10.0. The van der Waals surface area contributed by atoms with Gasteiger partial charge in [0.05, 0.1) is 17.2 Å². The molecule has 112 valence electrons. The molecule has 1 aromatic heterocycles. The molecule has 2 aromatic rings. The Hall–Kier alpha value is -1.79. The van der Waals surface area contributed by atoms with Crippen LogP contribution in [0.15, 0.2) is 52.0 Å². The van der Waals surface area contributed by atoms with Gasteiger partial charge in [-0.2, -0.15) is 0 Å². The van der Waals surface area contributed by atoms with Crippen molar-refractivity contribution in [3.63, 3.8) is 0 Å². The van der Waals surface area contributed by atoms with E-state index in [1.807, 2.05) is 19.1 Å². The Morgan fingerprint density at radius 1 is 1.19 bits per heavy atom. The predicted octanol–water partition coefficient (Wildman–Crippen LogP) is 2.89. The summed E-state index contributed by atoms with van der Waals surface area (Å²) in [7, 11) is -3.38. The van der Waals surface area contributed by atoms with E-state index in [2.05, 4.69) is 10.0 Å². The lowest BCUT2D eigenvalue weighted by molar-refractivity contribution is 0.490. The molecule has 1 saturated carbocycles. The first kappa shape index (κ1) is 14.2. The van der Waals surface area contributed by atoms with Gasteiger partial charge in [0.15, 0.2) is 0 Å². The smallest absolute Gasteiger partial charge is 0.240 e. The first-order valence-corrected chi connectivity index (χ1v) is 8.45. The number of sulfonamides is 1. The van der Waals surface area contributed by atoms with Gasteiger partial charge in [0.25, 0.3) is 0 Å². The highest BCUT2D eigenvalue weighted by atomic mass is 32.2. The van der Waals surface area contributed by atoms with E-state index in [1.54, 1.807) is 30.5 Å².